The van der Waals surface area contributed by atoms with Gasteiger partial charge < -0.3 is 14.7 Å². The maximum absolute atomic E-state index is 10.8. The molecule has 1 aliphatic rings. The minimum absolute atomic E-state index is 0.270. The van der Waals surface area contributed by atoms with E-state index in [1.165, 1.54) is 6.07 Å². The van der Waals surface area contributed by atoms with Gasteiger partial charge in [-0.15, -0.1) is 0 Å². The Balaban J connectivity index is 2.46. The lowest BCUT2D eigenvalue weighted by molar-refractivity contribution is 0.0697. The van der Waals surface area contributed by atoms with Crippen LogP contribution in [0, 0.1) is 0 Å². The van der Waals surface area contributed by atoms with Gasteiger partial charge in [0.2, 0.25) is 0 Å². The summed E-state index contributed by atoms with van der Waals surface area (Å²) >= 11 is 0. The first-order valence-electron chi connectivity index (χ1n) is 4.69. The van der Waals surface area contributed by atoms with Crippen molar-refractivity contribution in [2.45, 2.75) is 6.92 Å². The highest BCUT2D eigenvalue weighted by atomic mass is 16.5. The van der Waals surface area contributed by atoms with Gasteiger partial charge in [0.05, 0.1) is 11.3 Å². The molecule has 4 heteroatoms. The summed E-state index contributed by atoms with van der Waals surface area (Å²) in [6.45, 7) is 2.77. The molecule has 15 heavy (non-hydrogen) atoms. The molecular formula is C11H11NO3. The Morgan fingerprint density at radius 1 is 1.53 bits per heavy atom. The van der Waals surface area contributed by atoms with E-state index in [9.17, 15) is 4.79 Å². The largest absolute Gasteiger partial charge is 0.478 e. The summed E-state index contributed by atoms with van der Waals surface area (Å²) in [6.07, 6.45) is 3.38. The van der Waals surface area contributed by atoms with E-state index in [0.717, 1.165) is 12.2 Å². The predicted molar refractivity (Wildman–Crippen MR) is 56.2 cm³/mol. The Kier molecular flexibility index (Phi) is 2.33. The molecule has 0 atom stereocenters. The lowest BCUT2D eigenvalue weighted by Crippen LogP contribution is -2.19. The first kappa shape index (κ1) is 9.58. The first-order chi connectivity index (χ1) is 7.22. The van der Waals surface area contributed by atoms with Gasteiger partial charge in [0, 0.05) is 12.7 Å². The highest BCUT2D eigenvalue weighted by Crippen LogP contribution is 2.32. The van der Waals surface area contributed by atoms with Crippen LogP contribution in [0.15, 0.2) is 30.7 Å². The van der Waals surface area contributed by atoms with Crippen LogP contribution in [0.5, 0.6) is 5.75 Å². The van der Waals surface area contributed by atoms with Crippen LogP contribution in [0.1, 0.15) is 17.3 Å². The van der Waals surface area contributed by atoms with E-state index >= 15 is 0 Å². The van der Waals surface area contributed by atoms with Gasteiger partial charge in [0.25, 0.3) is 0 Å². The molecule has 0 aliphatic carbocycles. The zero-order valence-corrected chi connectivity index (χ0v) is 8.30. The van der Waals surface area contributed by atoms with Gasteiger partial charge in [0.1, 0.15) is 12.0 Å². The number of carboxylic acids is 1. The van der Waals surface area contributed by atoms with Gasteiger partial charge in [-0.1, -0.05) is 0 Å². The van der Waals surface area contributed by atoms with Crippen LogP contribution in [0.4, 0.5) is 5.69 Å². The minimum atomic E-state index is -0.927. The molecule has 0 fully saturated rings. The number of rotatable bonds is 2. The normalized spacial score (nSPS) is 13.3. The molecule has 0 bridgehead atoms. The summed E-state index contributed by atoms with van der Waals surface area (Å²) in [5.74, 6) is -0.243. The number of nitrogens with zero attached hydrogens (tertiary/aromatic N) is 1. The van der Waals surface area contributed by atoms with E-state index in [2.05, 4.69) is 0 Å². The average Bonchev–Trinajstić information content (AvgIpc) is 2.27. The Bertz CT molecular complexity index is 426. The van der Waals surface area contributed by atoms with Crippen LogP contribution in [-0.2, 0) is 0 Å². The third kappa shape index (κ3) is 1.66. The topological polar surface area (TPSA) is 49.8 Å². The number of carboxylic acid groups (broad SMARTS) is 1. The Hall–Kier alpha value is -1.97. The predicted octanol–water partition coefficient (Wildman–Crippen LogP) is 2.07. The average molecular weight is 205 g/mol. The Labute approximate surface area is 87.4 Å². The highest BCUT2D eigenvalue weighted by Gasteiger charge is 2.15. The van der Waals surface area contributed by atoms with E-state index in [0.29, 0.717) is 5.75 Å². The molecule has 1 N–H and O–H groups in total. The van der Waals surface area contributed by atoms with Gasteiger partial charge in [0.15, 0.2) is 0 Å². The third-order valence-corrected chi connectivity index (χ3v) is 2.29. The van der Waals surface area contributed by atoms with Crippen molar-refractivity contribution >= 4 is 11.7 Å². The minimum Gasteiger partial charge on any atom is -0.478 e. The summed E-state index contributed by atoms with van der Waals surface area (Å²) in [5, 5.41) is 8.87. The third-order valence-electron chi connectivity index (χ3n) is 2.29. The molecule has 0 aromatic heterocycles. The number of carbonyl (C=O) groups is 1. The Morgan fingerprint density at radius 2 is 2.33 bits per heavy atom. The fourth-order valence-electron chi connectivity index (χ4n) is 1.51. The van der Waals surface area contributed by atoms with Gasteiger partial charge in [-0.25, -0.2) is 4.79 Å². The maximum Gasteiger partial charge on any atom is 0.335 e. The molecule has 2 rings (SSSR count). The zero-order valence-electron chi connectivity index (χ0n) is 8.30. The molecule has 0 spiro atoms. The van der Waals surface area contributed by atoms with Crippen molar-refractivity contribution < 1.29 is 14.6 Å². The van der Waals surface area contributed by atoms with E-state index < -0.39 is 5.97 Å². The summed E-state index contributed by atoms with van der Waals surface area (Å²) in [4.78, 5) is 12.7. The van der Waals surface area contributed by atoms with Gasteiger partial charge in [-0.05, 0) is 25.1 Å². The van der Waals surface area contributed by atoms with Gasteiger partial charge >= 0.3 is 5.97 Å². The molecular weight excluding hydrogens is 194 g/mol. The van der Waals surface area contributed by atoms with Crippen LogP contribution < -0.4 is 9.64 Å². The second-order valence-corrected chi connectivity index (χ2v) is 3.18. The number of aromatic carboxylic acids is 1. The maximum atomic E-state index is 10.8. The number of hydrogen-bond acceptors (Lipinski definition) is 3. The van der Waals surface area contributed by atoms with E-state index in [1.54, 1.807) is 24.6 Å². The monoisotopic (exact) mass is 205 g/mol. The summed E-state index contributed by atoms with van der Waals surface area (Å²) < 4.78 is 5.28. The molecule has 0 amide bonds. The molecule has 1 aromatic carbocycles. The van der Waals surface area contributed by atoms with Crippen molar-refractivity contribution in [1.82, 2.24) is 0 Å². The van der Waals surface area contributed by atoms with Crippen LogP contribution in [-0.4, -0.2) is 17.6 Å². The van der Waals surface area contributed by atoms with E-state index in [4.69, 9.17) is 9.84 Å². The molecule has 0 unspecified atom stereocenters. The summed E-state index contributed by atoms with van der Waals surface area (Å²) in [7, 11) is 0. The second-order valence-electron chi connectivity index (χ2n) is 3.18. The molecule has 1 heterocycles. The van der Waals surface area contributed by atoms with Crippen LogP contribution in [0.3, 0.4) is 0 Å². The van der Waals surface area contributed by atoms with Gasteiger partial charge in [-0.2, -0.15) is 0 Å². The van der Waals surface area contributed by atoms with Crippen molar-refractivity contribution in [2.24, 2.45) is 0 Å². The molecule has 4 nitrogen and oxygen atoms in total. The smallest absolute Gasteiger partial charge is 0.335 e. The van der Waals surface area contributed by atoms with Crippen molar-refractivity contribution in [2.75, 3.05) is 11.4 Å². The summed E-state index contributed by atoms with van der Waals surface area (Å²) in [6, 6.07) is 4.82. The standard InChI is InChI=1S/C11H11NO3/c1-2-12-5-6-15-10-4-3-8(11(13)14)7-9(10)12/h3-7H,2H2,1H3,(H,13,14). The summed E-state index contributed by atoms with van der Waals surface area (Å²) in [5.41, 5.74) is 1.06. The molecule has 1 aromatic rings. The van der Waals surface area contributed by atoms with E-state index in [-0.39, 0.29) is 5.56 Å². The highest BCUT2D eigenvalue weighted by molar-refractivity contribution is 5.89. The first-order valence-corrected chi connectivity index (χ1v) is 4.69. The van der Waals surface area contributed by atoms with Gasteiger partial charge in [-0.3, -0.25) is 0 Å². The van der Waals surface area contributed by atoms with Crippen LogP contribution >= 0.6 is 0 Å². The number of fused-ring (bicyclic) bond motifs is 1. The Morgan fingerprint density at radius 3 is 3.00 bits per heavy atom. The fourth-order valence-corrected chi connectivity index (χ4v) is 1.51. The number of hydrogen-bond donors (Lipinski definition) is 1. The lowest BCUT2D eigenvalue weighted by Gasteiger charge is -2.24. The van der Waals surface area contributed by atoms with Crippen molar-refractivity contribution in [3.05, 3.63) is 36.2 Å². The van der Waals surface area contributed by atoms with E-state index in [1.807, 2.05) is 11.8 Å². The number of ether oxygens (including phenoxy) is 1. The molecule has 0 saturated carbocycles. The second kappa shape index (κ2) is 3.65. The zero-order chi connectivity index (χ0) is 10.8. The number of anilines is 1. The molecule has 0 saturated heterocycles. The quantitative estimate of drug-likeness (QED) is 0.803. The van der Waals surface area contributed by atoms with Crippen molar-refractivity contribution in [1.29, 1.82) is 0 Å². The number of benzene rings is 1. The molecule has 78 valence electrons. The van der Waals surface area contributed by atoms with Crippen LogP contribution in [0.2, 0.25) is 0 Å². The molecule has 0 radical (unpaired) electrons. The van der Waals surface area contributed by atoms with Crippen molar-refractivity contribution in [3.63, 3.8) is 0 Å². The lowest BCUT2D eigenvalue weighted by atomic mass is 10.1. The molecule has 1 aliphatic heterocycles. The SMILES string of the molecule is CCN1C=COc2ccc(C(=O)O)cc21. The van der Waals surface area contributed by atoms with Crippen LogP contribution in [0.25, 0.3) is 0 Å². The van der Waals surface area contributed by atoms with Crippen molar-refractivity contribution in [3.8, 4) is 5.75 Å². The fraction of sp³-hybridized carbons (Fsp3) is 0.182.